The molecule has 11 nitrogen and oxygen atoms in total. The number of pyridine rings is 1. The molecule has 1 atom stereocenters. The number of ether oxygens (including phenoxy) is 1. The topological polar surface area (TPSA) is 125 Å². The van der Waals surface area contributed by atoms with Gasteiger partial charge in [0.2, 0.25) is 23.6 Å². The van der Waals surface area contributed by atoms with Crippen LogP contribution in [0, 0.1) is 11.8 Å². The molecule has 1 unspecified atom stereocenters. The fourth-order valence-corrected chi connectivity index (χ4v) is 4.07. The van der Waals surface area contributed by atoms with Crippen LogP contribution in [0.3, 0.4) is 0 Å². The van der Waals surface area contributed by atoms with E-state index in [9.17, 15) is 9.59 Å². The van der Waals surface area contributed by atoms with Gasteiger partial charge in [-0.1, -0.05) is 24.8 Å². The van der Waals surface area contributed by atoms with Crippen LogP contribution < -0.4 is 20.7 Å². The summed E-state index contributed by atoms with van der Waals surface area (Å²) in [5.41, 5.74) is 1.47. The highest BCUT2D eigenvalue weighted by atomic mass is 16.5. The van der Waals surface area contributed by atoms with Gasteiger partial charge in [0.25, 0.3) is 0 Å². The Morgan fingerprint density at radius 2 is 2.12 bits per heavy atom. The van der Waals surface area contributed by atoms with Gasteiger partial charge in [-0.25, -0.2) is 9.97 Å². The summed E-state index contributed by atoms with van der Waals surface area (Å²) in [5.74, 6) is 7.69. The highest BCUT2D eigenvalue weighted by molar-refractivity contribution is 5.93. The molecule has 3 rings (SSSR count). The molecule has 11 heteroatoms. The van der Waals surface area contributed by atoms with Crippen molar-refractivity contribution in [1.29, 1.82) is 0 Å². The Hall–Kier alpha value is -4.17. The number of unbranched alkanes of at least 4 members (excludes halogenated alkanes) is 1. The van der Waals surface area contributed by atoms with Crippen molar-refractivity contribution >= 4 is 29.3 Å². The van der Waals surface area contributed by atoms with Crippen LogP contribution in [-0.2, 0) is 9.59 Å². The van der Waals surface area contributed by atoms with Crippen LogP contribution in [0.1, 0.15) is 44.6 Å². The number of amides is 2. The first-order valence-electron chi connectivity index (χ1n) is 13.7. The van der Waals surface area contributed by atoms with Gasteiger partial charge in [0.05, 0.1) is 18.9 Å². The number of aromatic nitrogens is 3. The van der Waals surface area contributed by atoms with Gasteiger partial charge in [-0.15, -0.1) is 0 Å². The molecule has 0 spiro atoms. The van der Waals surface area contributed by atoms with Crippen LogP contribution in [0.4, 0.5) is 17.5 Å². The van der Waals surface area contributed by atoms with Crippen LogP contribution in [0.25, 0.3) is 0 Å². The van der Waals surface area contributed by atoms with E-state index in [1.54, 1.807) is 36.5 Å². The van der Waals surface area contributed by atoms with Gasteiger partial charge in [-0.2, -0.15) is 4.98 Å². The molecule has 0 radical (unpaired) electrons. The largest absolute Gasteiger partial charge is 0.481 e. The zero-order valence-corrected chi connectivity index (χ0v) is 23.9. The second-order valence-corrected chi connectivity index (χ2v) is 9.65. The van der Waals surface area contributed by atoms with Crippen LogP contribution in [0.15, 0.2) is 36.7 Å². The summed E-state index contributed by atoms with van der Waals surface area (Å²) in [6.07, 6.45) is 10.5. The van der Waals surface area contributed by atoms with Crippen molar-refractivity contribution in [3.63, 3.8) is 0 Å². The third kappa shape index (κ3) is 9.54. The highest BCUT2D eigenvalue weighted by Gasteiger charge is 2.32. The zero-order chi connectivity index (χ0) is 28.7. The van der Waals surface area contributed by atoms with Crippen LogP contribution in [-0.4, -0.2) is 90.0 Å². The van der Waals surface area contributed by atoms with Crippen LogP contribution >= 0.6 is 0 Å². The third-order valence-corrected chi connectivity index (χ3v) is 6.10. The average molecular weight is 549 g/mol. The summed E-state index contributed by atoms with van der Waals surface area (Å²) in [6.45, 7) is 4.63. The molecule has 40 heavy (non-hydrogen) atoms. The number of methoxy groups -OCH3 is 1. The molecule has 0 saturated carbocycles. The van der Waals surface area contributed by atoms with Crippen molar-refractivity contribution in [3.05, 3.63) is 42.2 Å². The minimum Gasteiger partial charge on any atom is -0.481 e. The second-order valence-electron chi connectivity index (χ2n) is 9.65. The van der Waals surface area contributed by atoms with E-state index < -0.39 is 6.04 Å². The average Bonchev–Trinajstić information content (AvgIpc) is 3.45. The smallest absolute Gasteiger partial charge is 0.246 e. The SMILES string of the molecule is CCCNc1nc(Nc2ccnc(OC)c2)ncc1C#CCCCNC(=O)C1CCCN1C(=O)/C=C/CN(C)C. The highest BCUT2D eigenvalue weighted by Crippen LogP contribution is 2.20. The van der Waals surface area contributed by atoms with E-state index in [-0.39, 0.29) is 11.8 Å². The first-order chi connectivity index (χ1) is 19.4. The minimum absolute atomic E-state index is 0.103. The molecule has 1 aliphatic rings. The number of hydrogen-bond donors (Lipinski definition) is 3. The number of rotatable bonds is 13. The summed E-state index contributed by atoms with van der Waals surface area (Å²) in [6, 6.07) is 3.16. The van der Waals surface area contributed by atoms with Crippen molar-refractivity contribution in [2.24, 2.45) is 0 Å². The van der Waals surface area contributed by atoms with Crippen molar-refractivity contribution < 1.29 is 14.3 Å². The lowest BCUT2D eigenvalue weighted by molar-refractivity contribution is -0.135. The first kappa shape index (κ1) is 30.4. The molecule has 0 aromatic carbocycles. The maximum absolute atomic E-state index is 12.7. The number of nitrogens with zero attached hydrogens (tertiary/aromatic N) is 5. The molecule has 3 heterocycles. The number of likely N-dealkylation sites (tertiary alicyclic amines) is 1. The van der Waals surface area contributed by atoms with Gasteiger partial charge < -0.3 is 30.5 Å². The molecule has 1 saturated heterocycles. The van der Waals surface area contributed by atoms with Gasteiger partial charge >= 0.3 is 0 Å². The quantitative estimate of drug-likeness (QED) is 0.197. The second kappa shape index (κ2) is 16.1. The van der Waals surface area contributed by atoms with Gasteiger partial charge in [0.15, 0.2) is 0 Å². The standard InChI is InChI=1S/C29H40N8O3/c1-5-15-31-27-22(21-33-29(35-27)34-23-14-17-30-25(20-23)40-4)11-7-6-8-16-32-28(39)24-12-9-19-37(24)26(38)13-10-18-36(2)3/h10,13-14,17,20-21,24H,5-6,8-9,12,15-16,18-19H2,1-4H3,(H,32,39)(H2,30,31,33,34,35)/b13-10+. The number of carbonyl (C=O) groups excluding carboxylic acids is 2. The summed E-state index contributed by atoms with van der Waals surface area (Å²) in [5, 5.41) is 9.45. The summed E-state index contributed by atoms with van der Waals surface area (Å²) < 4.78 is 5.17. The predicted molar refractivity (Wildman–Crippen MR) is 156 cm³/mol. The lowest BCUT2D eigenvalue weighted by atomic mass is 10.2. The molecule has 0 aliphatic carbocycles. The van der Waals surface area contributed by atoms with E-state index in [0.717, 1.165) is 25.1 Å². The van der Waals surface area contributed by atoms with E-state index in [2.05, 4.69) is 49.7 Å². The predicted octanol–water partition coefficient (Wildman–Crippen LogP) is 2.80. The lowest BCUT2D eigenvalue weighted by Gasteiger charge is -2.22. The molecule has 2 aromatic rings. The summed E-state index contributed by atoms with van der Waals surface area (Å²) >= 11 is 0. The Balaban J connectivity index is 1.51. The van der Waals surface area contributed by atoms with Gasteiger partial charge in [-0.3, -0.25) is 9.59 Å². The van der Waals surface area contributed by atoms with Gasteiger partial charge in [0, 0.05) is 56.6 Å². The number of carbonyl (C=O) groups is 2. The monoisotopic (exact) mass is 548 g/mol. The Morgan fingerprint density at radius 3 is 2.90 bits per heavy atom. The number of nitrogens with one attached hydrogen (secondary N) is 3. The van der Waals surface area contributed by atoms with E-state index in [1.807, 2.05) is 31.1 Å². The fourth-order valence-electron chi connectivity index (χ4n) is 4.07. The van der Waals surface area contributed by atoms with Gasteiger partial charge in [-0.05, 0) is 45.8 Å². The maximum atomic E-state index is 12.7. The molecule has 0 bridgehead atoms. The normalized spacial score (nSPS) is 14.6. The summed E-state index contributed by atoms with van der Waals surface area (Å²) in [4.78, 5) is 42.0. The zero-order valence-electron chi connectivity index (χ0n) is 23.9. The third-order valence-electron chi connectivity index (χ3n) is 6.10. The number of likely N-dealkylation sites (N-methyl/N-ethyl adjacent to an activating group) is 1. The molecule has 2 amide bonds. The number of anilines is 3. The van der Waals surface area contributed by atoms with Crippen molar-refractivity contribution in [1.82, 2.24) is 30.1 Å². The van der Waals surface area contributed by atoms with Crippen LogP contribution in [0.5, 0.6) is 5.88 Å². The Labute approximate surface area is 236 Å². The lowest BCUT2D eigenvalue weighted by Crippen LogP contribution is -2.45. The fraction of sp³-hybridized carbons (Fsp3) is 0.483. The summed E-state index contributed by atoms with van der Waals surface area (Å²) in [7, 11) is 5.45. The van der Waals surface area contributed by atoms with Crippen molar-refractivity contribution in [3.8, 4) is 17.7 Å². The molecular weight excluding hydrogens is 508 g/mol. The molecule has 2 aromatic heterocycles. The molecule has 1 aliphatic heterocycles. The van der Waals surface area contributed by atoms with E-state index in [4.69, 9.17) is 4.74 Å². The maximum Gasteiger partial charge on any atom is 0.246 e. The van der Waals surface area contributed by atoms with E-state index in [1.165, 1.54) is 0 Å². The van der Waals surface area contributed by atoms with E-state index >= 15 is 0 Å². The molecule has 3 N–H and O–H groups in total. The first-order valence-corrected chi connectivity index (χ1v) is 13.7. The Morgan fingerprint density at radius 1 is 1.27 bits per heavy atom. The Bertz CT molecular complexity index is 1220. The minimum atomic E-state index is -0.410. The Kier molecular flexibility index (Phi) is 12.2. The van der Waals surface area contributed by atoms with E-state index in [0.29, 0.717) is 62.1 Å². The molecular formula is C29H40N8O3. The number of hydrogen-bond acceptors (Lipinski definition) is 9. The van der Waals surface area contributed by atoms with Gasteiger partial charge in [0.1, 0.15) is 11.9 Å². The molecule has 214 valence electrons. The van der Waals surface area contributed by atoms with Crippen molar-refractivity contribution in [2.75, 3.05) is 58.0 Å². The van der Waals surface area contributed by atoms with Crippen molar-refractivity contribution in [2.45, 2.75) is 45.1 Å². The molecule has 1 fully saturated rings. The van der Waals surface area contributed by atoms with Crippen LogP contribution in [0.2, 0.25) is 0 Å².